The fraction of sp³-hybridized carbons (Fsp3) is 0.161. The van der Waals surface area contributed by atoms with E-state index in [1.807, 2.05) is 18.2 Å². The van der Waals surface area contributed by atoms with Crippen molar-refractivity contribution in [2.75, 3.05) is 16.0 Å². The lowest BCUT2D eigenvalue weighted by atomic mass is 9.94. The zero-order valence-corrected chi connectivity index (χ0v) is 23.4. The molecule has 2 aromatic heterocycles. The van der Waals surface area contributed by atoms with Gasteiger partial charge in [-0.25, -0.2) is 9.48 Å². The van der Waals surface area contributed by atoms with Crippen LogP contribution in [-0.2, 0) is 19.4 Å². The van der Waals surface area contributed by atoms with Gasteiger partial charge in [0.25, 0.3) is 5.91 Å². The van der Waals surface area contributed by atoms with Gasteiger partial charge in [0, 0.05) is 34.8 Å². The number of aromatic nitrogens is 5. The van der Waals surface area contributed by atoms with Crippen molar-refractivity contribution in [1.29, 1.82) is 0 Å². The van der Waals surface area contributed by atoms with Crippen LogP contribution in [0.4, 0.5) is 21.9 Å². The minimum absolute atomic E-state index is 0.258. The normalized spacial score (nSPS) is 12.3. The molecule has 0 aliphatic heterocycles. The van der Waals surface area contributed by atoms with Gasteiger partial charge in [0.05, 0.1) is 16.9 Å². The van der Waals surface area contributed by atoms with Crippen molar-refractivity contribution in [2.45, 2.75) is 32.2 Å². The third kappa shape index (κ3) is 5.48. The molecule has 2 heterocycles. The monoisotopic (exact) mass is 575 g/mol. The highest BCUT2D eigenvalue weighted by molar-refractivity contribution is 7.71. The third-order valence-electron chi connectivity index (χ3n) is 7.22. The van der Waals surface area contributed by atoms with Gasteiger partial charge in [-0.15, -0.1) is 6.42 Å². The zero-order chi connectivity index (χ0) is 29.1. The summed E-state index contributed by atoms with van der Waals surface area (Å²) < 4.78 is 3.98. The number of nitrogens with one attached hydrogen (secondary N) is 4. The molecule has 0 spiro atoms. The van der Waals surface area contributed by atoms with Crippen molar-refractivity contribution < 1.29 is 14.2 Å². The lowest BCUT2D eigenvalue weighted by molar-refractivity contribution is -0.667. The van der Waals surface area contributed by atoms with Gasteiger partial charge in [-0.3, -0.25) is 4.79 Å². The first-order valence-corrected chi connectivity index (χ1v) is 13.9. The van der Waals surface area contributed by atoms with Crippen molar-refractivity contribution in [3.8, 4) is 18.0 Å². The molecule has 0 saturated carbocycles. The van der Waals surface area contributed by atoms with E-state index in [1.54, 1.807) is 48.5 Å². The number of aromatic amines is 1. The van der Waals surface area contributed by atoms with Gasteiger partial charge >= 0.3 is 6.03 Å². The summed E-state index contributed by atoms with van der Waals surface area (Å²) in [6, 6.07) is 21.4. The summed E-state index contributed by atoms with van der Waals surface area (Å²) in [6.07, 6.45) is 10.1. The molecular weight excluding hydrogens is 548 g/mol. The van der Waals surface area contributed by atoms with Crippen molar-refractivity contribution >= 4 is 52.1 Å². The number of H-pyrrole nitrogens is 1. The van der Waals surface area contributed by atoms with Crippen LogP contribution >= 0.6 is 12.2 Å². The summed E-state index contributed by atoms with van der Waals surface area (Å²) in [4.78, 5) is 26.3. The number of anilines is 3. The van der Waals surface area contributed by atoms with Crippen molar-refractivity contribution in [1.82, 2.24) is 20.2 Å². The Morgan fingerprint density at radius 1 is 0.976 bits per heavy atom. The van der Waals surface area contributed by atoms with Crippen LogP contribution < -0.4 is 20.5 Å². The number of hydrogen-bond donors (Lipinski definition) is 4. The Kier molecular flexibility index (Phi) is 7.45. The van der Waals surface area contributed by atoms with Gasteiger partial charge in [0.1, 0.15) is 0 Å². The third-order valence-corrected chi connectivity index (χ3v) is 7.48. The number of tetrazole rings is 1. The van der Waals surface area contributed by atoms with Crippen molar-refractivity contribution in [3.05, 3.63) is 94.4 Å². The number of aryl methyl sites for hydroxylation is 1. The van der Waals surface area contributed by atoms with E-state index in [0.717, 1.165) is 36.6 Å². The van der Waals surface area contributed by atoms with Gasteiger partial charge in [-0.1, -0.05) is 28.5 Å². The maximum Gasteiger partial charge on any atom is 0.323 e. The van der Waals surface area contributed by atoms with Crippen molar-refractivity contribution in [2.24, 2.45) is 0 Å². The summed E-state index contributed by atoms with van der Waals surface area (Å²) in [5, 5.41) is 19.7. The van der Waals surface area contributed by atoms with E-state index < -0.39 is 6.03 Å². The molecule has 10 nitrogen and oxygen atoms in total. The number of benzene rings is 3. The maximum absolute atomic E-state index is 13.4. The molecule has 0 bridgehead atoms. The Balaban J connectivity index is 1.20. The summed E-state index contributed by atoms with van der Waals surface area (Å²) in [5.41, 5.74) is 6.17. The van der Waals surface area contributed by atoms with Crippen molar-refractivity contribution in [3.63, 3.8) is 0 Å². The van der Waals surface area contributed by atoms with E-state index in [-0.39, 0.29) is 10.7 Å². The van der Waals surface area contributed by atoms with Gasteiger partial charge in [-0.2, -0.15) is 9.78 Å². The first-order chi connectivity index (χ1) is 20.5. The van der Waals surface area contributed by atoms with E-state index in [1.165, 1.54) is 15.9 Å². The van der Waals surface area contributed by atoms with Gasteiger partial charge in [0.2, 0.25) is 16.8 Å². The largest absolute Gasteiger partial charge is 0.323 e. The standard InChI is InChI=1S/C31H26N8O2S/c1-2-16-38-27-13-6-3-8-20(27)17-21-18-23(14-15-28(21)38)32-29(40)25-11-4-5-12-26(25)34-30(41)33-22-9-7-10-24(19-22)39-31(42)35-36-37-39/h1,4-5,7,9-12,14-15,17-19H,3,6,8,13,16H2,(H3-,32,33,34,35,37,40,41,42)/p+1. The second kappa shape index (κ2) is 11.6. The highest BCUT2D eigenvalue weighted by Gasteiger charge is 2.23. The van der Waals surface area contributed by atoms with Crippen LogP contribution in [0, 0.1) is 17.1 Å². The van der Waals surface area contributed by atoms with Crippen LogP contribution in [-0.4, -0.2) is 32.1 Å². The molecule has 3 amide bonds. The summed E-state index contributed by atoms with van der Waals surface area (Å²) in [6.45, 7) is 0.505. The topological polar surface area (TPSA) is 121 Å². The van der Waals surface area contributed by atoms with Crippen LogP contribution in [0.25, 0.3) is 16.6 Å². The number of para-hydroxylation sites is 1. The van der Waals surface area contributed by atoms with Crippen LogP contribution in [0.3, 0.4) is 0 Å². The average molecular weight is 576 g/mol. The molecule has 0 unspecified atom stereocenters. The van der Waals surface area contributed by atoms with Crippen LogP contribution in [0.15, 0.2) is 72.8 Å². The fourth-order valence-corrected chi connectivity index (χ4v) is 5.52. The number of urea groups is 1. The number of terminal acetylenes is 1. The lowest BCUT2D eigenvalue weighted by Gasteiger charge is -2.16. The summed E-state index contributed by atoms with van der Waals surface area (Å²) in [5.74, 6) is 2.44. The highest BCUT2D eigenvalue weighted by Crippen LogP contribution is 2.26. The quantitative estimate of drug-likeness (QED) is 0.126. The number of hydrogen-bond acceptors (Lipinski definition) is 5. The number of nitrogens with zero attached hydrogens (tertiary/aromatic N) is 4. The SMILES string of the molecule is C#CC[n+]1c2c(cc3cc(NC(=O)c4ccccc4NC(=O)Nc4cccc(-n5[nH]nnc5=S)c4)ccc31)CCCC2. The second-order valence-electron chi connectivity index (χ2n) is 9.93. The highest BCUT2D eigenvalue weighted by atomic mass is 32.1. The van der Waals surface area contributed by atoms with Gasteiger partial charge in [0.15, 0.2) is 5.69 Å². The van der Waals surface area contributed by atoms with E-state index in [4.69, 9.17) is 18.6 Å². The van der Waals surface area contributed by atoms with Crippen LogP contribution in [0.1, 0.15) is 34.5 Å². The molecule has 11 heteroatoms. The molecular formula is C31H27N8O2S+. The summed E-state index contributed by atoms with van der Waals surface area (Å²) >= 11 is 5.15. The number of rotatable bonds is 6. The molecule has 0 atom stereocenters. The van der Waals surface area contributed by atoms with E-state index in [2.05, 4.69) is 48.0 Å². The molecule has 0 saturated heterocycles. The zero-order valence-electron chi connectivity index (χ0n) is 22.6. The Labute approximate surface area is 246 Å². The first-order valence-electron chi connectivity index (χ1n) is 13.5. The Morgan fingerprint density at radius 3 is 2.64 bits per heavy atom. The molecule has 6 rings (SSSR count). The predicted octanol–water partition coefficient (Wildman–Crippen LogP) is 5.17. The Hall–Kier alpha value is -5.34. The number of fused-ring (bicyclic) bond motifs is 2. The smallest absolute Gasteiger partial charge is 0.322 e. The maximum atomic E-state index is 13.4. The molecule has 1 aliphatic carbocycles. The molecule has 5 aromatic rings. The van der Waals surface area contributed by atoms with Gasteiger partial charge in [-0.05, 0) is 85.9 Å². The average Bonchev–Trinajstić information content (AvgIpc) is 3.43. The Bertz CT molecular complexity index is 1940. The number of carbonyl (C=O) groups excluding carboxylic acids is 2. The number of carbonyl (C=O) groups is 2. The fourth-order valence-electron chi connectivity index (χ4n) is 5.34. The molecule has 1 aliphatic rings. The minimum atomic E-state index is -0.507. The van der Waals surface area contributed by atoms with Crippen LogP contribution in [0.2, 0.25) is 0 Å². The molecule has 0 fully saturated rings. The predicted molar refractivity (Wildman–Crippen MR) is 163 cm³/mol. The van der Waals surface area contributed by atoms with E-state index in [9.17, 15) is 9.59 Å². The lowest BCUT2D eigenvalue weighted by Crippen LogP contribution is -2.41. The minimum Gasteiger partial charge on any atom is -0.322 e. The molecule has 0 radical (unpaired) electrons. The molecule has 3 aromatic carbocycles. The summed E-state index contributed by atoms with van der Waals surface area (Å²) in [7, 11) is 0. The molecule has 42 heavy (non-hydrogen) atoms. The van der Waals surface area contributed by atoms with E-state index in [0.29, 0.717) is 34.9 Å². The Morgan fingerprint density at radius 2 is 1.81 bits per heavy atom. The van der Waals surface area contributed by atoms with Gasteiger partial charge < -0.3 is 16.0 Å². The van der Waals surface area contributed by atoms with E-state index >= 15 is 0 Å². The number of pyridine rings is 1. The molecule has 208 valence electrons. The molecule has 4 N–H and O–H groups in total. The second-order valence-corrected chi connectivity index (χ2v) is 10.3. The number of amides is 3. The van der Waals surface area contributed by atoms with Crippen LogP contribution in [0.5, 0.6) is 0 Å². The first kappa shape index (κ1) is 26.9.